The zero-order valence-corrected chi connectivity index (χ0v) is 28.1. The van der Waals surface area contributed by atoms with Crippen LogP contribution in [-0.2, 0) is 23.8 Å². The number of ether oxygens (including phenoxy) is 4. The van der Waals surface area contributed by atoms with Crippen LogP contribution in [0.5, 0.6) is 5.75 Å². The van der Waals surface area contributed by atoms with Gasteiger partial charge in [0.25, 0.3) is 0 Å². The summed E-state index contributed by atoms with van der Waals surface area (Å²) in [5, 5.41) is 15.1. The highest BCUT2D eigenvalue weighted by molar-refractivity contribution is 6.31. The summed E-state index contributed by atoms with van der Waals surface area (Å²) in [7, 11) is 2.81. The first-order chi connectivity index (χ1) is 23.7. The first kappa shape index (κ1) is 33.9. The average Bonchev–Trinajstić information content (AvgIpc) is 3.88. The number of aromatic nitrogens is 5. The molecule has 1 amide bonds. The molecule has 1 unspecified atom stereocenters. The Morgan fingerprint density at radius 3 is 2.71 bits per heavy atom. The van der Waals surface area contributed by atoms with Crippen LogP contribution in [-0.4, -0.2) is 74.9 Å². The van der Waals surface area contributed by atoms with E-state index in [-0.39, 0.29) is 24.6 Å². The molecule has 3 aromatic heterocycles. The van der Waals surface area contributed by atoms with Crippen molar-refractivity contribution in [3.8, 4) is 23.1 Å². The van der Waals surface area contributed by atoms with E-state index in [4.69, 9.17) is 30.5 Å². The maximum absolute atomic E-state index is 14.0. The topological polar surface area (TPSA) is 164 Å². The maximum atomic E-state index is 14.0. The van der Waals surface area contributed by atoms with Gasteiger partial charge in [-0.1, -0.05) is 24.4 Å². The number of halogens is 1. The summed E-state index contributed by atoms with van der Waals surface area (Å²) in [6, 6.07) is 8.37. The first-order valence-corrected chi connectivity index (χ1v) is 16.4. The molecule has 0 radical (unpaired) electrons. The minimum Gasteiger partial charge on any atom is -0.467 e. The Morgan fingerprint density at radius 2 is 1.98 bits per heavy atom. The van der Waals surface area contributed by atoms with Gasteiger partial charge in [-0.2, -0.15) is 10.4 Å². The summed E-state index contributed by atoms with van der Waals surface area (Å²) in [5.41, 5.74) is 2.06. The summed E-state index contributed by atoms with van der Waals surface area (Å²) in [6.07, 6.45) is 9.09. The molecule has 1 saturated heterocycles. The highest BCUT2D eigenvalue weighted by atomic mass is 35.5. The number of hydrogen-bond donors (Lipinski definition) is 0. The normalized spacial score (nSPS) is 20.0. The summed E-state index contributed by atoms with van der Waals surface area (Å²) in [5.74, 6) is -0.482. The number of anilines is 1. The lowest BCUT2D eigenvalue weighted by molar-refractivity contribution is -0.204. The number of hydrogen-bond acceptors (Lipinski definition) is 11. The van der Waals surface area contributed by atoms with Crippen LogP contribution in [0.3, 0.4) is 0 Å². The van der Waals surface area contributed by atoms with Gasteiger partial charge in [-0.3, -0.25) is 18.9 Å². The number of methoxy groups -OCH3 is 1. The van der Waals surface area contributed by atoms with Crippen LogP contribution >= 0.6 is 11.6 Å². The number of nitriles is 1. The van der Waals surface area contributed by atoms with Crippen molar-refractivity contribution in [3.63, 3.8) is 0 Å². The Hall–Kier alpha value is -5.00. The van der Waals surface area contributed by atoms with Gasteiger partial charge < -0.3 is 18.9 Å². The van der Waals surface area contributed by atoms with Crippen molar-refractivity contribution in [1.29, 1.82) is 5.26 Å². The lowest BCUT2D eigenvalue weighted by Gasteiger charge is -2.34. The Bertz CT molecular complexity index is 1900. The largest absolute Gasteiger partial charge is 0.467 e. The molecule has 15 heteroatoms. The average molecular weight is 690 g/mol. The number of fused-ring (bicyclic) bond motifs is 1. The van der Waals surface area contributed by atoms with E-state index in [0.717, 1.165) is 31.2 Å². The molecule has 4 aromatic rings. The third-order valence-corrected chi connectivity index (χ3v) is 9.25. The molecule has 14 nitrogen and oxygen atoms in total. The number of carbonyl (C=O) groups is 3. The molecule has 0 spiro atoms. The van der Waals surface area contributed by atoms with Gasteiger partial charge in [-0.15, -0.1) is 0 Å². The van der Waals surface area contributed by atoms with Gasteiger partial charge in [-0.05, 0) is 43.0 Å². The summed E-state index contributed by atoms with van der Waals surface area (Å²) < 4.78 is 25.5. The molecule has 0 bridgehead atoms. The zero-order chi connectivity index (χ0) is 34.7. The number of carbonyl (C=O) groups excluding carboxylic acids is 3. The third kappa shape index (κ3) is 7.23. The van der Waals surface area contributed by atoms with E-state index in [1.54, 1.807) is 43.7 Å². The van der Waals surface area contributed by atoms with Crippen LogP contribution < -0.4 is 9.64 Å². The summed E-state index contributed by atoms with van der Waals surface area (Å²) in [6.45, 7) is 1.28. The number of amides is 1. The fourth-order valence-corrected chi connectivity index (χ4v) is 6.85. The van der Waals surface area contributed by atoms with E-state index in [0.29, 0.717) is 39.8 Å². The van der Waals surface area contributed by atoms with Crippen LogP contribution in [0.25, 0.3) is 22.3 Å². The van der Waals surface area contributed by atoms with Crippen molar-refractivity contribution < 1.29 is 33.3 Å². The highest BCUT2D eigenvalue weighted by Crippen LogP contribution is 2.38. The van der Waals surface area contributed by atoms with E-state index in [1.165, 1.54) is 29.8 Å². The molecular weight excluding hydrogens is 654 g/mol. The molecule has 2 fully saturated rings. The van der Waals surface area contributed by atoms with Gasteiger partial charge in [-0.25, -0.2) is 19.6 Å². The Kier molecular flexibility index (Phi) is 10.1. The monoisotopic (exact) mass is 689 g/mol. The van der Waals surface area contributed by atoms with Crippen LogP contribution in [0.15, 0.2) is 49.2 Å². The highest BCUT2D eigenvalue weighted by Gasteiger charge is 2.38. The van der Waals surface area contributed by atoms with Gasteiger partial charge in [0.2, 0.25) is 6.29 Å². The molecule has 256 valence electrons. The van der Waals surface area contributed by atoms with Crippen molar-refractivity contribution in [1.82, 2.24) is 24.3 Å². The fraction of sp³-hybridized carbons (Fsp3) is 0.441. The second-order valence-electron chi connectivity index (χ2n) is 12.2. The van der Waals surface area contributed by atoms with Gasteiger partial charge in [0.05, 0.1) is 43.2 Å². The molecule has 2 aliphatic rings. The molecule has 49 heavy (non-hydrogen) atoms. The fourth-order valence-electron chi connectivity index (χ4n) is 6.68. The lowest BCUT2D eigenvalue weighted by Crippen LogP contribution is -2.44. The molecule has 4 heterocycles. The van der Waals surface area contributed by atoms with Crippen molar-refractivity contribution in [2.45, 2.75) is 76.4 Å². The number of rotatable bonds is 9. The van der Waals surface area contributed by atoms with E-state index >= 15 is 0 Å². The minimum atomic E-state index is -1.02. The zero-order valence-electron chi connectivity index (χ0n) is 27.3. The van der Waals surface area contributed by atoms with Crippen LogP contribution in [0.2, 0.25) is 5.02 Å². The number of benzene rings is 1. The smallest absolute Gasteiger partial charge is 0.335 e. The van der Waals surface area contributed by atoms with E-state index in [1.807, 2.05) is 10.9 Å². The molecule has 6 rings (SSSR count). The Morgan fingerprint density at radius 1 is 1.18 bits per heavy atom. The second-order valence-corrected chi connectivity index (χ2v) is 12.6. The van der Waals surface area contributed by atoms with Crippen LogP contribution in [0.4, 0.5) is 10.5 Å². The summed E-state index contributed by atoms with van der Waals surface area (Å²) in [4.78, 5) is 48.3. The first-order valence-electron chi connectivity index (χ1n) is 16.0. The number of esters is 2. The minimum absolute atomic E-state index is 0.00887. The summed E-state index contributed by atoms with van der Waals surface area (Å²) >= 11 is 6.37. The standard InChI is InChI=1S/C34H36ClN7O7/c1-20(43)47-24-15-29(33(44)46-3)49-30(16-24)48-28-9-8-23(35)14-27(28)40(2)34(45)41-13-11-25-31(37-19-38-32(25)41)22-17-39-42(18-22)26(10-12-36)21-6-4-5-7-21/h8-9,11,13-14,17-19,21,24,26,29-30H,4-7,10,15-16H2,1-3H3/t24-,26?,29-,30+/m0/s1. The van der Waals surface area contributed by atoms with Gasteiger partial charge in [0, 0.05) is 55.2 Å². The van der Waals surface area contributed by atoms with Crippen molar-refractivity contribution in [2.24, 2.45) is 5.92 Å². The van der Waals surface area contributed by atoms with Crippen molar-refractivity contribution in [2.75, 3.05) is 19.1 Å². The molecule has 1 aliphatic carbocycles. The molecule has 1 saturated carbocycles. The van der Waals surface area contributed by atoms with Gasteiger partial charge >= 0.3 is 18.0 Å². The van der Waals surface area contributed by atoms with Crippen molar-refractivity contribution >= 4 is 46.3 Å². The van der Waals surface area contributed by atoms with E-state index < -0.39 is 36.5 Å². The second kappa shape index (κ2) is 14.6. The predicted molar refractivity (Wildman–Crippen MR) is 177 cm³/mol. The molecule has 1 aliphatic heterocycles. The molecule has 0 N–H and O–H groups in total. The van der Waals surface area contributed by atoms with Gasteiger partial charge in [0.15, 0.2) is 11.8 Å². The molecule has 1 aromatic carbocycles. The third-order valence-electron chi connectivity index (χ3n) is 9.02. The van der Waals surface area contributed by atoms with E-state index in [2.05, 4.69) is 21.1 Å². The van der Waals surface area contributed by atoms with Crippen LogP contribution in [0.1, 0.15) is 57.9 Å². The lowest BCUT2D eigenvalue weighted by atomic mass is 9.96. The Labute approximate surface area is 287 Å². The van der Waals surface area contributed by atoms with E-state index in [9.17, 15) is 19.6 Å². The molecular formula is C34H36ClN7O7. The predicted octanol–water partition coefficient (Wildman–Crippen LogP) is 5.69. The quantitative estimate of drug-likeness (QED) is 0.198. The molecule has 4 atom stereocenters. The maximum Gasteiger partial charge on any atom is 0.335 e. The van der Waals surface area contributed by atoms with Crippen molar-refractivity contribution in [3.05, 3.63) is 54.2 Å². The number of nitrogens with zero attached hydrogens (tertiary/aromatic N) is 7. The SMILES string of the molecule is COC(=O)[C@@H]1C[C@H](OC(C)=O)C[C@H](Oc2ccc(Cl)cc2N(C)C(=O)n2ccc3c(-c4cnn(C(CC#N)C5CCCC5)c4)ncnc32)O1. The van der Waals surface area contributed by atoms with Crippen LogP contribution in [0, 0.1) is 17.2 Å². The Balaban J connectivity index is 1.26. The van der Waals surface area contributed by atoms with Gasteiger partial charge in [0.1, 0.15) is 18.2 Å².